The van der Waals surface area contributed by atoms with Gasteiger partial charge in [-0.1, -0.05) is 33.6 Å². The summed E-state index contributed by atoms with van der Waals surface area (Å²) in [5.74, 6) is 1.02. The highest BCUT2D eigenvalue weighted by Gasteiger charge is 2.36. The second kappa shape index (κ2) is 7.08. The first-order chi connectivity index (χ1) is 9.18. The Morgan fingerprint density at radius 1 is 1.11 bits per heavy atom. The van der Waals surface area contributed by atoms with E-state index in [1.165, 1.54) is 64.6 Å². The van der Waals surface area contributed by atoms with Gasteiger partial charge in [-0.15, -0.1) is 0 Å². The average Bonchev–Trinajstić information content (AvgIpc) is 3.06. The molecule has 2 rings (SSSR count). The van der Waals surface area contributed by atoms with E-state index in [9.17, 15) is 0 Å². The first-order valence-corrected chi connectivity index (χ1v) is 8.63. The number of hydrogen-bond donors (Lipinski definition) is 1. The topological polar surface area (TPSA) is 15.3 Å². The zero-order valence-corrected chi connectivity index (χ0v) is 13.4. The third kappa shape index (κ3) is 3.95. The largest absolute Gasteiger partial charge is 0.316 e. The van der Waals surface area contributed by atoms with Crippen LogP contribution in [0.25, 0.3) is 0 Å². The molecule has 0 spiro atoms. The van der Waals surface area contributed by atoms with Gasteiger partial charge in [-0.05, 0) is 56.5 Å². The highest BCUT2D eigenvalue weighted by Crippen LogP contribution is 2.37. The van der Waals surface area contributed by atoms with Gasteiger partial charge in [0.05, 0.1) is 0 Å². The Bertz CT molecular complexity index is 260. The van der Waals surface area contributed by atoms with Crippen LogP contribution in [0.4, 0.5) is 0 Å². The monoisotopic (exact) mass is 266 g/mol. The maximum atomic E-state index is 3.57. The van der Waals surface area contributed by atoms with Crippen molar-refractivity contribution in [2.45, 2.75) is 71.8 Å². The van der Waals surface area contributed by atoms with Crippen molar-refractivity contribution in [2.75, 3.05) is 26.2 Å². The van der Waals surface area contributed by atoms with Crippen LogP contribution in [0.15, 0.2) is 0 Å². The number of hydrogen-bond acceptors (Lipinski definition) is 2. The Hall–Kier alpha value is -0.0800. The molecule has 1 saturated carbocycles. The van der Waals surface area contributed by atoms with Crippen LogP contribution < -0.4 is 5.32 Å². The predicted octanol–water partition coefficient (Wildman–Crippen LogP) is 3.67. The van der Waals surface area contributed by atoms with Crippen LogP contribution >= 0.6 is 0 Å². The minimum atomic E-state index is 0.456. The lowest BCUT2D eigenvalue weighted by Gasteiger charge is -2.38. The molecule has 19 heavy (non-hydrogen) atoms. The predicted molar refractivity (Wildman–Crippen MR) is 83.5 cm³/mol. The van der Waals surface area contributed by atoms with Gasteiger partial charge in [0.1, 0.15) is 0 Å². The van der Waals surface area contributed by atoms with Gasteiger partial charge in [0.25, 0.3) is 0 Å². The summed E-state index contributed by atoms with van der Waals surface area (Å²) in [5, 5.41) is 3.57. The van der Waals surface area contributed by atoms with Crippen molar-refractivity contribution in [3.05, 3.63) is 0 Å². The maximum Gasteiger partial charge on any atom is 0.0124 e. The van der Waals surface area contributed by atoms with Crippen LogP contribution in [0.2, 0.25) is 0 Å². The van der Waals surface area contributed by atoms with Crippen molar-refractivity contribution in [3.63, 3.8) is 0 Å². The molecule has 0 bridgehead atoms. The van der Waals surface area contributed by atoms with Gasteiger partial charge in [0.15, 0.2) is 0 Å². The summed E-state index contributed by atoms with van der Waals surface area (Å²) in [6.45, 7) is 12.0. The van der Waals surface area contributed by atoms with Crippen molar-refractivity contribution >= 4 is 0 Å². The van der Waals surface area contributed by atoms with Crippen LogP contribution in [-0.2, 0) is 0 Å². The van der Waals surface area contributed by atoms with Crippen molar-refractivity contribution < 1.29 is 0 Å². The molecule has 0 aromatic heterocycles. The summed E-state index contributed by atoms with van der Waals surface area (Å²) < 4.78 is 0. The van der Waals surface area contributed by atoms with Gasteiger partial charge in [0.2, 0.25) is 0 Å². The van der Waals surface area contributed by atoms with Crippen LogP contribution in [0.3, 0.4) is 0 Å². The van der Waals surface area contributed by atoms with E-state index in [4.69, 9.17) is 0 Å². The number of nitrogens with zero attached hydrogens (tertiary/aromatic N) is 1. The normalized spacial score (nSPS) is 28.9. The van der Waals surface area contributed by atoms with E-state index >= 15 is 0 Å². The number of rotatable bonds is 7. The van der Waals surface area contributed by atoms with E-state index in [1.807, 2.05) is 0 Å². The van der Waals surface area contributed by atoms with E-state index in [1.54, 1.807) is 0 Å². The standard InChI is InChI=1S/C17H34N2/c1-4-17(3,13-18-5-2)14-19-12-8-11-16(19)15-9-6-7-10-15/h15-16,18H,4-14H2,1-3H3. The molecule has 0 radical (unpaired) electrons. The zero-order chi connectivity index (χ0) is 13.7. The molecule has 1 heterocycles. The van der Waals surface area contributed by atoms with Gasteiger partial charge in [-0.2, -0.15) is 0 Å². The molecule has 2 nitrogen and oxygen atoms in total. The maximum absolute atomic E-state index is 3.57. The lowest BCUT2D eigenvalue weighted by Crippen LogP contribution is -2.45. The van der Waals surface area contributed by atoms with Crippen molar-refractivity contribution in [2.24, 2.45) is 11.3 Å². The molecule has 1 saturated heterocycles. The lowest BCUT2D eigenvalue weighted by molar-refractivity contribution is 0.116. The second-order valence-electron chi connectivity index (χ2n) is 7.17. The summed E-state index contributed by atoms with van der Waals surface area (Å²) in [7, 11) is 0. The van der Waals surface area contributed by atoms with Crippen LogP contribution in [0, 0.1) is 11.3 Å². The average molecular weight is 266 g/mol. The molecule has 2 fully saturated rings. The highest BCUT2D eigenvalue weighted by molar-refractivity contribution is 4.91. The van der Waals surface area contributed by atoms with E-state index in [0.717, 1.165) is 18.5 Å². The fourth-order valence-electron chi connectivity index (χ4n) is 4.13. The molecule has 2 heteroatoms. The Morgan fingerprint density at radius 2 is 1.84 bits per heavy atom. The molecule has 2 aliphatic rings. The van der Waals surface area contributed by atoms with E-state index in [0.29, 0.717) is 5.41 Å². The molecule has 2 atom stereocenters. The molecular formula is C17H34N2. The molecular weight excluding hydrogens is 232 g/mol. The first kappa shape index (κ1) is 15.3. The summed E-state index contributed by atoms with van der Waals surface area (Å²) in [6.07, 6.45) is 10.1. The molecule has 0 amide bonds. The van der Waals surface area contributed by atoms with Crippen LogP contribution in [0.1, 0.15) is 65.7 Å². The minimum absolute atomic E-state index is 0.456. The van der Waals surface area contributed by atoms with Gasteiger partial charge in [0, 0.05) is 19.1 Å². The Labute approximate surface area is 120 Å². The minimum Gasteiger partial charge on any atom is -0.316 e. The third-order valence-corrected chi connectivity index (χ3v) is 5.60. The number of nitrogens with one attached hydrogen (secondary N) is 1. The lowest BCUT2D eigenvalue weighted by atomic mass is 9.85. The van der Waals surface area contributed by atoms with Gasteiger partial charge in [-0.25, -0.2) is 0 Å². The van der Waals surface area contributed by atoms with E-state index in [2.05, 4.69) is 31.0 Å². The quantitative estimate of drug-likeness (QED) is 0.756. The Morgan fingerprint density at radius 3 is 2.47 bits per heavy atom. The summed E-state index contributed by atoms with van der Waals surface area (Å²) in [6, 6.07) is 0.912. The van der Waals surface area contributed by atoms with Gasteiger partial charge < -0.3 is 5.32 Å². The smallest absolute Gasteiger partial charge is 0.0124 e. The fourth-order valence-corrected chi connectivity index (χ4v) is 4.13. The SMILES string of the molecule is CCNCC(C)(CC)CN1CCCC1C1CCCC1. The van der Waals surface area contributed by atoms with Crippen LogP contribution in [0.5, 0.6) is 0 Å². The van der Waals surface area contributed by atoms with Crippen molar-refractivity contribution in [1.29, 1.82) is 0 Å². The summed E-state index contributed by atoms with van der Waals surface area (Å²) >= 11 is 0. The van der Waals surface area contributed by atoms with Gasteiger partial charge in [-0.3, -0.25) is 4.90 Å². The number of likely N-dealkylation sites (tertiary alicyclic amines) is 1. The molecule has 1 N–H and O–H groups in total. The fraction of sp³-hybridized carbons (Fsp3) is 1.00. The molecule has 0 aromatic carbocycles. The van der Waals surface area contributed by atoms with Gasteiger partial charge >= 0.3 is 0 Å². The van der Waals surface area contributed by atoms with Crippen molar-refractivity contribution in [1.82, 2.24) is 10.2 Å². The highest BCUT2D eigenvalue weighted by atomic mass is 15.2. The molecule has 1 aliphatic carbocycles. The van der Waals surface area contributed by atoms with E-state index < -0.39 is 0 Å². The first-order valence-electron chi connectivity index (χ1n) is 8.63. The Kier molecular flexibility index (Phi) is 5.70. The Balaban J connectivity index is 1.91. The third-order valence-electron chi connectivity index (χ3n) is 5.60. The molecule has 0 aromatic rings. The molecule has 2 unspecified atom stereocenters. The zero-order valence-electron chi connectivity index (χ0n) is 13.4. The van der Waals surface area contributed by atoms with Crippen molar-refractivity contribution in [3.8, 4) is 0 Å². The molecule has 1 aliphatic heterocycles. The second-order valence-corrected chi connectivity index (χ2v) is 7.17. The van der Waals surface area contributed by atoms with Crippen LogP contribution in [-0.4, -0.2) is 37.1 Å². The molecule has 112 valence electrons. The van der Waals surface area contributed by atoms with E-state index in [-0.39, 0.29) is 0 Å². The summed E-state index contributed by atoms with van der Waals surface area (Å²) in [5.41, 5.74) is 0.456. The summed E-state index contributed by atoms with van der Waals surface area (Å²) in [4.78, 5) is 2.84.